The topological polar surface area (TPSA) is 47.7 Å². The lowest BCUT2D eigenvalue weighted by Crippen LogP contribution is -2.51. The van der Waals surface area contributed by atoms with Crippen molar-refractivity contribution in [1.29, 1.82) is 0 Å². The molecule has 0 radical (unpaired) electrons. The molecule has 0 saturated carbocycles. The van der Waals surface area contributed by atoms with Gasteiger partial charge in [0.25, 0.3) is 0 Å². The average Bonchev–Trinajstić information content (AvgIpc) is 2.43. The van der Waals surface area contributed by atoms with Crippen molar-refractivity contribution in [2.75, 3.05) is 46.1 Å². The third-order valence-corrected chi connectivity index (χ3v) is 2.99. The van der Waals surface area contributed by atoms with E-state index in [9.17, 15) is 0 Å². The Balaban J connectivity index is 1.82. The van der Waals surface area contributed by atoms with Crippen LogP contribution in [0.4, 0.5) is 0 Å². The summed E-state index contributed by atoms with van der Waals surface area (Å²) in [6, 6.07) is 0. The van der Waals surface area contributed by atoms with Crippen LogP contribution in [0.15, 0.2) is 0 Å². The predicted molar refractivity (Wildman–Crippen MR) is 54.2 cm³/mol. The first-order valence-electron chi connectivity index (χ1n) is 5.45. The van der Waals surface area contributed by atoms with E-state index in [2.05, 4.69) is 4.90 Å². The number of hydrogen-bond acceptors (Lipinski definition) is 4. The highest BCUT2D eigenvalue weighted by Crippen LogP contribution is 2.17. The second kappa shape index (κ2) is 4.57. The molecule has 0 aromatic heterocycles. The van der Waals surface area contributed by atoms with Gasteiger partial charge in [-0.1, -0.05) is 0 Å². The summed E-state index contributed by atoms with van der Waals surface area (Å²) in [4.78, 5) is 2.40. The predicted octanol–water partition coefficient (Wildman–Crippen LogP) is -0.173. The number of hydrogen-bond donors (Lipinski definition) is 1. The van der Waals surface area contributed by atoms with Gasteiger partial charge in [0.1, 0.15) is 0 Å². The molecular formula is C10H20N2O2. The van der Waals surface area contributed by atoms with Crippen molar-refractivity contribution < 1.29 is 9.47 Å². The summed E-state index contributed by atoms with van der Waals surface area (Å²) in [5.74, 6) is 0. The number of nitrogens with zero attached hydrogens (tertiary/aromatic N) is 1. The lowest BCUT2D eigenvalue weighted by molar-refractivity contribution is 0.129. The molecule has 1 atom stereocenters. The fourth-order valence-corrected chi connectivity index (χ4v) is 2.15. The van der Waals surface area contributed by atoms with Crippen LogP contribution in [0.2, 0.25) is 0 Å². The Hall–Kier alpha value is -0.160. The Morgan fingerprint density at radius 1 is 1.14 bits per heavy atom. The van der Waals surface area contributed by atoms with E-state index in [0.717, 1.165) is 52.3 Å². The molecule has 2 N–H and O–H groups in total. The zero-order valence-corrected chi connectivity index (χ0v) is 8.71. The molecule has 0 aliphatic carbocycles. The maximum Gasteiger partial charge on any atom is 0.0659 e. The molecule has 2 aliphatic rings. The highest BCUT2D eigenvalue weighted by molar-refractivity contribution is 4.91. The van der Waals surface area contributed by atoms with E-state index < -0.39 is 0 Å². The molecular weight excluding hydrogens is 180 g/mol. The quantitative estimate of drug-likeness (QED) is 0.672. The molecule has 2 saturated heterocycles. The molecule has 2 heterocycles. The molecule has 0 bridgehead atoms. The van der Waals surface area contributed by atoms with Gasteiger partial charge in [0.15, 0.2) is 0 Å². The molecule has 4 heteroatoms. The summed E-state index contributed by atoms with van der Waals surface area (Å²) in [5.41, 5.74) is 6.13. The number of ether oxygens (including phenoxy) is 2. The molecule has 14 heavy (non-hydrogen) atoms. The Morgan fingerprint density at radius 2 is 2.07 bits per heavy atom. The Labute approximate surface area is 85.3 Å². The van der Waals surface area contributed by atoms with E-state index in [0.29, 0.717) is 6.61 Å². The van der Waals surface area contributed by atoms with Gasteiger partial charge in [0.2, 0.25) is 0 Å². The van der Waals surface area contributed by atoms with Crippen molar-refractivity contribution in [3.63, 3.8) is 0 Å². The standard InChI is InChI=1S/C10H20N2O2/c11-10(2-6-14-9-10)8-12-3-1-5-13-7-4-12/h1-9,11H2. The largest absolute Gasteiger partial charge is 0.380 e. The summed E-state index contributed by atoms with van der Waals surface area (Å²) in [6.07, 6.45) is 2.11. The summed E-state index contributed by atoms with van der Waals surface area (Å²) < 4.78 is 10.8. The molecule has 1 unspecified atom stereocenters. The van der Waals surface area contributed by atoms with Crippen LogP contribution in [-0.4, -0.2) is 56.5 Å². The van der Waals surface area contributed by atoms with Crippen molar-refractivity contribution in [2.24, 2.45) is 5.73 Å². The highest BCUT2D eigenvalue weighted by Gasteiger charge is 2.32. The fourth-order valence-electron chi connectivity index (χ4n) is 2.15. The van der Waals surface area contributed by atoms with Crippen LogP contribution in [0.3, 0.4) is 0 Å². The van der Waals surface area contributed by atoms with Gasteiger partial charge >= 0.3 is 0 Å². The summed E-state index contributed by atoms with van der Waals surface area (Å²) in [6.45, 7) is 6.35. The normalized spacial score (nSPS) is 35.8. The zero-order chi connectivity index (χ0) is 9.86. The smallest absolute Gasteiger partial charge is 0.0659 e. The monoisotopic (exact) mass is 200 g/mol. The van der Waals surface area contributed by atoms with Gasteiger partial charge in [-0.2, -0.15) is 0 Å². The summed E-state index contributed by atoms with van der Waals surface area (Å²) in [7, 11) is 0. The maximum atomic E-state index is 6.23. The van der Waals surface area contributed by atoms with Crippen LogP contribution in [-0.2, 0) is 9.47 Å². The van der Waals surface area contributed by atoms with Crippen LogP contribution >= 0.6 is 0 Å². The molecule has 2 aliphatic heterocycles. The van der Waals surface area contributed by atoms with Crippen LogP contribution in [0, 0.1) is 0 Å². The number of nitrogens with two attached hydrogens (primary N) is 1. The first-order chi connectivity index (χ1) is 6.79. The van der Waals surface area contributed by atoms with Crippen LogP contribution < -0.4 is 5.73 Å². The summed E-state index contributed by atoms with van der Waals surface area (Å²) >= 11 is 0. The summed E-state index contributed by atoms with van der Waals surface area (Å²) in [5, 5.41) is 0. The lowest BCUT2D eigenvalue weighted by atomic mass is 9.99. The van der Waals surface area contributed by atoms with Crippen molar-refractivity contribution >= 4 is 0 Å². The molecule has 82 valence electrons. The molecule has 0 spiro atoms. The Kier molecular flexibility index (Phi) is 3.38. The first-order valence-corrected chi connectivity index (χ1v) is 5.45. The van der Waals surface area contributed by atoms with E-state index >= 15 is 0 Å². The van der Waals surface area contributed by atoms with Gasteiger partial charge in [-0.3, -0.25) is 4.90 Å². The Bertz CT molecular complexity index is 173. The third-order valence-electron chi connectivity index (χ3n) is 2.99. The minimum absolute atomic E-state index is 0.107. The van der Waals surface area contributed by atoms with Gasteiger partial charge in [0, 0.05) is 32.8 Å². The Morgan fingerprint density at radius 3 is 2.86 bits per heavy atom. The van der Waals surface area contributed by atoms with E-state index in [4.69, 9.17) is 15.2 Å². The van der Waals surface area contributed by atoms with E-state index in [1.807, 2.05) is 0 Å². The SMILES string of the molecule is NC1(CN2CCCOCC2)CCOC1. The van der Waals surface area contributed by atoms with E-state index in [-0.39, 0.29) is 5.54 Å². The average molecular weight is 200 g/mol. The third kappa shape index (κ3) is 2.67. The van der Waals surface area contributed by atoms with Gasteiger partial charge < -0.3 is 15.2 Å². The minimum Gasteiger partial charge on any atom is -0.380 e. The molecule has 2 fully saturated rings. The second-order valence-corrected chi connectivity index (χ2v) is 4.41. The van der Waals surface area contributed by atoms with E-state index in [1.54, 1.807) is 0 Å². The van der Waals surface area contributed by atoms with Gasteiger partial charge in [-0.25, -0.2) is 0 Å². The van der Waals surface area contributed by atoms with Crippen molar-refractivity contribution in [3.05, 3.63) is 0 Å². The molecule has 0 aromatic carbocycles. The van der Waals surface area contributed by atoms with E-state index in [1.165, 1.54) is 0 Å². The van der Waals surface area contributed by atoms with Crippen LogP contribution in [0.1, 0.15) is 12.8 Å². The van der Waals surface area contributed by atoms with Crippen LogP contribution in [0.5, 0.6) is 0 Å². The minimum atomic E-state index is -0.107. The molecule has 0 amide bonds. The number of rotatable bonds is 2. The molecule has 2 rings (SSSR count). The van der Waals surface area contributed by atoms with Gasteiger partial charge in [0.05, 0.1) is 18.8 Å². The zero-order valence-electron chi connectivity index (χ0n) is 8.71. The van der Waals surface area contributed by atoms with Crippen molar-refractivity contribution in [2.45, 2.75) is 18.4 Å². The highest BCUT2D eigenvalue weighted by atomic mass is 16.5. The van der Waals surface area contributed by atoms with Gasteiger partial charge in [-0.05, 0) is 12.8 Å². The second-order valence-electron chi connectivity index (χ2n) is 4.41. The molecule has 4 nitrogen and oxygen atoms in total. The van der Waals surface area contributed by atoms with Crippen LogP contribution in [0.25, 0.3) is 0 Å². The maximum absolute atomic E-state index is 6.23. The fraction of sp³-hybridized carbons (Fsp3) is 1.00. The first kappa shape index (κ1) is 10.4. The van der Waals surface area contributed by atoms with Crippen molar-refractivity contribution in [1.82, 2.24) is 4.90 Å². The van der Waals surface area contributed by atoms with Gasteiger partial charge in [-0.15, -0.1) is 0 Å². The molecule has 0 aromatic rings. The lowest BCUT2D eigenvalue weighted by Gasteiger charge is -2.29. The van der Waals surface area contributed by atoms with Crippen molar-refractivity contribution in [3.8, 4) is 0 Å².